The lowest BCUT2D eigenvalue weighted by Gasteiger charge is -2.29. The summed E-state index contributed by atoms with van der Waals surface area (Å²) in [6.07, 6.45) is -2.99. The molecule has 1 atom stereocenters. The van der Waals surface area contributed by atoms with Crippen LogP contribution in [-0.4, -0.2) is 46.5 Å². The van der Waals surface area contributed by atoms with Gasteiger partial charge in [-0.2, -0.15) is 18.3 Å². The SMILES string of the molecule is Cn1cnc(CCNC(=O)C2(C(F)(F)F)CCNC2)n1. The Bertz CT molecular complexity index is 479. The summed E-state index contributed by atoms with van der Waals surface area (Å²) in [6.45, 7) is -0.0976. The van der Waals surface area contributed by atoms with E-state index in [9.17, 15) is 18.0 Å². The molecule has 1 fully saturated rings. The van der Waals surface area contributed by atoms with Crippen molar-refractivity contribution in [3.63, 3.8) is 0 Å². The number of nitrogens with zero attached hydrogens (tertiary/aromatic N) is 3. The first-order valence-electron chi connectivity index (χ1n) is 6.25. The third-order valence-corrected chi connectivity index (χ3v) is 3.41. The molecule has 0 aromatic carbocycles. The lowest BCUT2D eigenvalue weighted by Crippen LogP contribution is -2.52. The van der Waals surface area contributed by atoms with Gasteiger partial charge >= 0.3 is 6.18 Å². The second-order valence-electron chi connectivity index (χ2n) is 4.85. The van der Waals surface area contributed by atoms with Crippen LogP contribution in [0.3, 0.4) is 0 Å². The molecule has 0 aliphatic carbocycles. The van der Waals surface area contributed by atoms with Gasteiger partial charge in [-0.25, -0.2) is 4.98 Å². The van der Waals surface area contributed by atoms with Crippen molar-refractivity contribution in [1.29, 1.82) is 0 Å². The van der Waals surface area contributed by atoms with Gasteiger partial charge in [0.15, 0.2) is 11.2 Å². The highest BCUT2D eigenvalue weighted by Crippen LogP contribution is 2.43. The van der Waals surface area contributed by atoms with Crippen molar-refractivity contribution in [2.24, 2.45) is 12.5 Å². The Morgan fingerprint density at radius 2 is 2.35 bits per heavy atom. The molecule has 9 heteroatoms. The van der Waals surface area contributed by atoms with Crippen LogP contribution in [0.4, 0.5) is 13.2 Å². The van der Waals surface area contributed by atoms with Crippen LogP contribution < -0.4 is 10.6 Å². The molecule has 2 N–H and O–H groups in total. The average Bonchev–Trinajstić information content (AvgIpc) is 2.97. The quantitative estimate of drug-likeness (QED) is 0.820. The number of hydrogen-bond acceptors (Lipinski definition) is 4. The van der Waals surface area contributed by atoms with Gasteiger partial charge in [0.1, 0.15) is 6.33 Å². The maximum absolute atomic E-state index is 13.1. The van der Waals surface area contributed by atoms with Crippen molar-refractivity contribution >= 4 is 5.91 Å². The summed E-state index contributed by atoms with van der Waals surface area (Å²) in [5.74, 6) is -0.496. The van der Waals surface area contributed by atoms with Gasteiger partial charge in [-0.15, -0.1) is 0 Å². The number of carbonyl (C=O) groups excluding carboxylic acids is 1. The van der Waals surface area contributed by atoms with Gasteiger partial charge in [0.25, 0.3) is 0 Å². The minimum Gasteiger partial charge on any atom is -0.355 e. The largest absolute Gasteiger partial charge is 0.404 e. The molecule has 20 heavy (non-hydrogen) atoms. The normalized spacial score (nSPS) is 23.0. The molecule has 1 saturated heterocycles. The number of aryl methyl sites for hydroxylation is 1. The van der Waals surface area contributed by atoms with Gasteiger partial charge in [-0.05, 0) is 13.0 Å². The van der Waals surface area contributed by atoms with Gasteiger partial charge < -0.3 is 10.6 Å². The summed E-state index contributed by atoms with van der Waals surface area (Å²) in [7, 11) is 1.69. The van der Waals surface area contributed by atoms with Gasteiger partial charge in [0.05, 0.1) is 0 Å². The fourth-order valence-corrected chi connectivity index (χ4v) is 2.21. The van der Waals surface area contributed by atoms with Gasteiger partial charge in [-0.1, -0.05) is 0 Å². The third kappa shape index (κ3) is 2.77. The smallest absolute Gasteiger partial charge is 0.355 e. The van der Waals surface area contributed by atoms with E-state index >= 15 is 0 Å². The highest BCUT2D eigenvalue weighted by molar-refractivity contribution is 5.84. The first-order valence-corrected chi connectivity index (χ1v) is 6.25. The van der Waals surface area contributed by atoms with E-state index in [1.165, 1.54) is 11.0 Å². The summed E-state index contributed by atoms with van der Waals surface area (Å²) in [5, 5.41) is 8.94. The maximum Gasteiger partial charge on any atom is 0.404 e. The number of amides is 1. The van der Waals surface area contributed by atoms with E-state index in [0.717, 1.165) is 0 Å². The van der Waals surface area contributed by atoms with Crippen LogP contribution in [0.2, 0.25) is 0 Å². The predicted octanol–water partition coefficient (Wildman–Crippen LogP) is 0.0158. The van der Waals surface area contributed by atoms with E-state index < -0.39 is 17.5 Å². The van der Waals surface area contributed by atoms with E-state index in [0.29, 0.717) is 12.2 Å². The van der Waals surface area contributed by atoms with Gasteiger partial charge in [0.2, 0.25) is 5.91 Å². The van der Waals surface area contributed by atoms with Crippen LogP contribution in [0, 0.1) is 5.41 Å². The van der Waals surface area contributed by atoms with E-state index in [-0.39, 0.29) is 26.1 Å². The fraction of sp³-hybridized carbons (Fsp3) is 0.727. The number of rotatable bonds is 4. The molecule has 1 aromatic rings. The van der Waals surface area contributed by atoms with E-state index in [2.05, 4.69) is 20.7 Å². The Hall–Kier alpha value is -1.64. The number of hydrogen-bond donors (Lipinski definition) is 2. The molecule has 0 radical (unpaired) electrons. The van der Waals surface area contributed by atoms with E-state index in [1.807, 2.05) is 0 Å². The first-order chi connectivity index (χ1) is 9.35. The molecule has 0 bridgehead atoms. The number of nitrogens with one attached hydrogen (secondary N) is 2. The topological polar surface area (TPSA) is 71.8 Å². The Morgan fingerprint density at radius 1 is 1.60 bits per heavy atom. The maximum atomic E-state index is 13.1. The molecule has 1 amide bonds. The Kier molecular flexibility index (Phi) is 3.98. The lowest BCUT2D eigenvalue weighted by molar-refractivity contribution is -0.215. The van der Waals surface area contributed by atoms with Crippen LogP contribution >= 0.6 is 0 Å². The molecule has 1 unspecified atom stereocenters. The molecule has 6 nitrogen and oxygen atoms in total. The molecule has 112 valence electrons. The summed E-state index contributed by atoms with van der Waals surface area (Å²) in [6, 6.07) is 0. The molecule has 0 spiro atoms. The highest BCUT2D eigenvalue weighted by Gasteiger charge is 2.61. The van der Waals surface area contributed by atoms with Crippen molar-refractivity contribution in [3.8, 4) is 0 Å². The minimum absolute atomic E-state index is 0.0840. The molecule has 1 aliphatic heterocycles. The number of alkyl halides is 3. The monoisotopic (exact) mass is 291 g/mol. The Balaban J connectivity index is 1.93. The molecule has 1 aromatic heterocycles. The zero-order chi connectivity index (χ0) is 14.8. The second kappa shape index (κ2) is 5.39. The molecule has 1 aliphatic rings. The number of carbonyl (C=O) groups is 1. The van der Waals surface area contributed by atoms with E-state index in [4.69, 9.17) is 0 Å². The average molecular weight is 291 g/mol. The van der Waals surface area contributed by atoms with Gasteiger partial charge in [-0.3, -0.25) is 9.48 Å². The number of halogens is 3. The summed E-state index contributed by atoms with van der Waals surface area (Å²) in [4.78, 5) is 15.8. The van der Waals surface area contributed by atoms with Crippen molar-refractivity contribution in [2.75, 3.05) is 19.6 Å². The molecular weight excluding hydrogens is 275 g/mol. The fourth-order valence-electron chi connectivity index (χ4n) is 2.21. The zero-order valence-corrected chi connectivity index (χ0v) is 11.0. The Morgan fingerprint density at radius 3 is 2.85 bits per heavy atom. The number of aromatic nitrogens is 3. The summed E-state index contributed by atoms with van der Waals surface area (Å²) < 4.78 is 40.8. The molecule has 2 heterocycles. The first kappa shape index (κ1) is 14.8. The van der Waals surface area contributed by atoms with Crippen molar-refractivity contribution in [1.82, 2.24) is 25.4 Å². The van der Waals surface area contributed by atoms with Crippen molar-refractivity contribution in [2.45, 2.75) is 19.0 Å². The van der Waals surface area contributed by atoms with Crippen molar-refractivity contribution < 1.29 is 18.0 Å². The third-order valence-electron chi connectivity index (χ3n) is 3.41. The molecule has 0 saturated carbocycles. The van der Waals surface area contributed by atoms with Crippen molar-refractivity contribution in [3.05, 3.63) is 12.2 Å². The Labute approximate surface area is 113 Å². The molecule has 2 rings (SSSR count). The van der Waals surface area contributed by atoms with Crippen LogP contribution in [-0.2, 0) is 18.3 Å². The second-order valence-corrected chi connectivity index (χ2v) is 4.85. The van der Waals surface area contributed by atoms with Crippen LogP contribution in [0.1, 0.15) is 12.2 Å². The highest BCUT2D eigenvalue weighted by atomic mass is 19.4. The van der Waals surface area contributed by atoms with Gasteiger partial charge in [0, 0.05) is 26.6 Å². The standard InChI is InChI=1S/C11H16F3N5O/c1-19-7-17-8(18-19)2-4-16-9(20)10(11(12,13)14)3-5-15-6-10/h7,15H,2-6H2,1H3,(H,16,20). The van der Waals surface area contributed by atoms with Crippen LogP contribution in [0.5, 0.6) is 0 Å². The van der Waals surface area contributed by atoms with E-state index in [1.54, 1.807) is 7.05 Å². The lowest BCUT2D eigenvalue weighted by atomic mass is 9.85. The summed E-state index contributed by atoms with van der Waals surface area (Å²) >= 11 is 0. The zero-order valence-electron chi connectivity index (χ0n) is 11.0. The van der Waals surface area contributed by atoms with Crippen LogP contribution in [0.15, 0.2) is 6.33 Å². The minimum atomic E-state index is -4.55. The predicted molar refractivity (Wildman–Crippen MR) is 63.7 cm³/mol. The summed E-state index contributed by atoms with van der Waals surface area (Å²) in [5.41, 5.74) is -2.31. The molecular formula is C11H16F3N5O. The van der Waals surface area contributed by atoms with Crippen LogP contribution in [0.25, 0.3) is 0 Å².